The molecule has 0 aliphatic carbocycles. The maximum Gasteiger partial charge on any atom is 0.191 e. The number of para-hydroxylation sites is 1. The van der Waals surface area contributed by atoms with E-state index < -0.39 is 9.84 Å². The molecule has 0 aliphatic rings. The second-order valence-electron chi connectivity index (χ2n) is 6.04. The fourth-order valence-electron chi connectivity index (χ4n) is 2.45. The average molecular weight is 479 g/mol. The molecule has 8 heteroatoms. The summed E-state index contributed by atoms with van der Waals surface area (Å²) in [5, 5.41) is 7.52. The van der Waals surface area contributed by atoms with Gasteiger partial charge in [-0.05, 0) is 26.3 Å². The lowest BCUT2D eigenvalue weighted by atomic mass is 10.1. The topological polar surface area (TPSA) is 83.7 Å². The minimum absolute atomic E-state index is 0. The van der Waals surface area contributed by atoms with E-state index in [0.29, 0.717) is 18.9 Å². The molecule has 2 rings (SSSR count). The van der Waals surface area contributed by atoms with Gasteiger partial charge in [0.25, 0.3) is 0 Å². The molecule has 0 saturated carbocycles. The highest BCUT2D eigenvalue weighted by atomic mass is 127. The Morgan fingerprint density at radius 1 is 1.32 bits per heavy atom. The largest absolute Gasteiger partial charge is 0.459 e. The van der Waals surface area contributed by atoms with E-state index >= 15 is 0 Å². The Morgan fingerprint density at radius 3 is 2.60 bits per heavy atom. The number of aryl methyl sites for hydroxylation is 1. The summed E-state index contributed by atoms with van der Waals surface area (Å²) in [7, 11) is -1.27. The molecule has 140 valence electrons. The summed E-state index contributed by atoms with van der Waals surface area (Å²) < 4.78 is 28.3. The van der Waals surface area contributed by atoms with Crippen LogP contribution in [-0.4, -0.2) is 39.5 Å². The molecule has 0 fully saturated rings. The summed E-state index contributed by atoms with van der Waals surface area (Å²) in [6.07, 6.45) is 1.78. The monoisotopic (exact) mass is 479 g/mol. The predicted octanol–water partition coefficient (Wildman–Crippen LogP) is 2.85. The van der Waals surface area contributed by atoms with E-state index in [-0.39, 0.29) is 35.8 Å². The van der Waals surface area contributed by atoms with Crippen molar-refractivity contribution in [1.82, 2.24) is 10.6 Å². The summed E-state index contributed by atoms with van der Waals surface area (Å²) in [5.41, 5.74) is 1.98. The Bertz CT molecular complexity index is 831. The number of aliphatic imine (C=N–C) groups is 1. The zero-order valence-electron chi connectivity index (χ0n) is 15.0. The normalized spacial score (nSPS) is 13.4. The van der Waals surface area contributed by atoms with Gasteiger partial charge in [-0.2, -0.15) is 0 Å². The van der Waals surface area contributed by atoms with Crippen LogP contribution in [0.1, 0.15) is 24.7 Å². The van der Waals surface area contributed by atoms with Crippen LogP contribution < -0.4 is 10.6 Å². The molecule has 1 aromatic carbocycles. The molecule has 0 aliphatic heterocycles. The number of halogens is 1. The van der Waals surface area contributed by atoms with Gasteiger partial charge in [-0.25, -0.2) is 8.42 Å². The number of guanidine groups is 1. The number of nitrogens with one attached hydrogen (secondary N) is 2. The molecule has 1 unspecified atom stereocenters. The number of nitrogens with zero attached hydrogens (tertiary/aromatic N) is 1. The van der Waals surface area contributed by atoms with Gasteiger partial charge in [0.2, 0.25) is 0 Å². The third kappa shape index (κ3) is 6.50. The molecule has 0 bridgehead atoms. The molecular formula is C17H26IN3O3S. The standard InChI is InChI=1S/C17H25N3O3S.HI/c1-12(9-10-24(4,21)22)20-17(18-3)19-11-16-13(2)14-7-5-6-8-15(14)23-16;/h5-8,12H,9-11H2,1-4H3,(H2,18,19,20);1H. The second kappa shape index (κ2) is 9.42. The third-order valence-corrected chi connectivity index (χ3v) is 4.86. The van der Waals surface area contributed by atoms with Crippen LogP contribution in [0.2, 0.25) is 0 Å². The number of hydrogen-bond acceptors (Lipinski definition) is 4. The zero-order valence-corrected chi connectivity index (χ0v) is 18.1. The minimum atomic E-state index is -2.95. The van der Waals surface area contributed by atoms with Crippen LogP contribution in [0.5, 0.6) is 0 Å². The smallest absolute Gasteiger partial charge is 0.191 e. The van der Waals surface area contributed by atoms with Gasteiger partial charge in [0.05, 0.1) is 12.3 Å². The molecule has 0 saturated heterocycles. The number of sulfone groups is 1. The van der Waals surface area contributed by atoms with E-state index in [1.165, 1.54) is 6.26 Å². The fraction of sp³-hybridized carbons (Fsp3) is 0.471. The molecular weight excluding hydrogens is 453 g/mol. The molecule has 1 aromatic heterocycles. The van der Waals surface area contributed by atoms with Crippen molar-refractivity contribution in [2.45, 2.75) is 32.9 Å². The highest BCUT2D eigenvalue weighted by molar-refractivity contribution is 14.0. The van der Waals surface area contributed by atoms with E-state index in [9.17, 15) is 8.42 Å². The van der Waals surface area contributed by atoms with Gasteiger partial charge in [0.1, 0.15) is 21.2 Å². The van der Waals surface area contributed by atoms with E-state index in [2.05, 4.69) is 15.6 Å². The molecule has 25 heavy (non-hydrogen) atoms. The second-order valence-corrected chi connectivity index (χ2v) is 8.30. The summed E-state index contributed by atoms with van der Waals surface area (Å²) in [4.78, 5) is 4.17. The average Bonchev–Trinajstić information content (AvgIpc) is 2.85. The first-order valence-corrected chi connectivity index (χ1v) is 9.98. The molecule has 2 N–H and O–H groups in total. The lowest BCUT2D eigenvalue weighted by Crippen LogP contribution is -2.42. The summed E-state index contributed by atoms with van der Waals surface area (Å²) in [5.74, 6) is 1.64. The summed E-state index contributed by atoms with van der Waals surface area (Å²) in [6.45, 7) is 4.48. The van der Waals surface area contributed by atoms with Gasteiger partial charge < -0.3 is 15.1 Å². The lowest BCUT2D eigenvalue weighted by Gasteiger charge is -2.17. The minimum Gasteiger partial charge on any atom is -0.459 e. The van der Waals surface area contributed by atoms with Crippen LogP contribution in [0.25, 0.3) is 11.0 Å². The van der Waals surface area contributed by atoms with Gasteiger partial charge >= 0.3 is 0 Å². The van der Waals surface area contributed by atoms with Gasteiger partial charge in [-0.1, -0.05) is 18.2 Å². The van der Waals surface area contributed by atoms with Gasteiger partial charge in [0, 0.05) is 30.3 Å². The quantitative estimate of drug-likeness (QED) is 0.378. The molecule has 0 amide bonds. The Labute approximate surface area is 166 Å². The maximum absolute atomic E-state index is 11.2. The molecule has 2 aromatic rings. The van der Waals surface area contributed by atoms with E-state index in [0.717, 1.165) is 22.3 Å². The zero-order chi connectivity index (χ0) is 17.7. The van der Waals surface area contributed by atoms with Crippen molar-refractivity contribution in [1.29, 1.82) is 0 Å². The van der Waals surface area contributed by atoms with Crippen LogP contribution in [-0.2, 0) is 16.4 Å². The van der Waals surface area contributed by atoms with Crippen LogP contribution in [0.3, 0.4) is 0 Å². The molecule has 6 nitrogen and oxygen atoms in total. The first-order valence-electron chi connectivity index (χ1n) is 7.92. The summed E-state index contributed by atoms with van der Waals surface area (Å²) >= 11 is 0. The Balaban J connectivity index is 0.00000312. The maximum atomic E-state index is 11.2. The van der Waals surface area contributed by atoms with Crippen molar-refractivity contribution < 1.29 is 12.8 Å². The first kappa shape index (κ1) is 21.8. The Hall–Kier alpha value is -1.29. The van der Waals surface area contributed by atoms with E-state index in [1.807, 2.05) is 38.1 Å². The Morgan fingerprint density at radius 2 is 2.00 bits per heavy atom. The number of furan rings is 1. The van der Waals surface area contributed by atoms with Gasteiger partial charge in [-0.3, -0.25) is 4.99 Å². The molecule has 0 radical (unpaired) electrons. The van der Waals surface area contributed by atoms with Crippen molar-refractivity contribution in [2.24, 2.45) is 4.99 Å². The molecule has 1 heterocycles. The van der Waals surface area contributed by atoms with Crippen molar-refractivity contribution in [2.75, 3.05) is 19.1 Å². The van der Waals surface area contributed by atoms with Gasteiger partial charge in [0.15, 0.2) is 5.96 Å². The predicted molar refractivity (Wildman–Crippen MR) is 113 cm³/mol. The highest BCUT2D eigenvalue weighted by Crippen LogP contribution is 2.24. The van der Waals surface area contributed by atoms with Crippen LogP contribution in [0.15, 0.2) is 33.7 Å². The number of fused-ring (bicyclic) bond motifs is 1. The Kier molecular flexibility index (Phi) is 8.20. The van der Waals surface area contributed by atoms with Crippen molar-refractivity contribution in [3.05, 3.63) is 35.6 Å². The van der Waals surface area contributed by atoms with Crippen molar-refractivity contribution >= 4 is 50.7 Å². The lowest BCUT2D eigenvalue weighted by molar-refractivity contribution is 0.530. The fourth-order valence-corrected chi connectivity index (χ4v) is 3.23. The number of rotatable bonds is 6. The highest BCUT2D eigenvalue weighted by Gasteiger charge is 2.12. The molecule has 0 spiro atoms. The summed E-state index contributed by atoms with van der Waals surface area (Å²) in [6, 6.07) is 7.94. The third-order valence-electron chi connectivity index (χ3n) is 3.89. The van der Waals surface area contributed by atoms with E-state index in [1.54, 1.807) is 7.05 Å². The van der Waals surface area contributed by atoms with Crippen molar-refractivity contribution in [3.8, 4) is 0 Å². The van der Waals surface area contributed by atoms with E-state index in [4.69, 9.17) is 4.42 Å². The number of hydrogen-bond donors (Lipinski definition) is 2. The van der Waals surface area contributed by atoms with Crippen LogP contribution in [0, 0.1) is 6.92 Å². The molecule has 1 atom stereocenters. The first-order chi connectivity index (χ1) is 11.3. The van der Waals surface area contributed by atoms with Crippen molar-refractivity contribution in [3.63, 3.8) is 0 Å². The van der Waals surface area contributed by atoms with Crippen LogP contribution >= 0.6 is 24.0 Å². The van der Waals surface area contributed by atoms with Crippen LogP contribution in [0.4, 0.5) is 0 Å². The van der Waals surface area contributed by atoms with Gasteiger partial charge in [-0.15, -0.1) is 24.0 Å². The SMILES string of the molecule is CN=C(NCc1oc2ccccc2c1C)NC(C)CCS(C)(=O)=O.I. The number of benzene rings is 1.